The van der Waals surface area contributed by atoms with E-state index in [0.29, 0.717) is 65.5 Å². The molecule has 0 aliphatic carbocycles. The van der Waals surface area contributed by atoms with Crippen LogP contribution in [0.1, 0.15) is 0 Å². The summed E-state index contributed by atoms with van der Waals surface area (Å²) < 4.78 is 41.7. The molecule has 0 spiro atoms. The molecule has 8 nitrogen and oxygen atoms in total. The molecule has 0 unspecified atom stereocenters. The maximum absolute atomic E-state index is 12.6. The number of alkyl halides is 3. The largest absolute Gasteiger partial charge is 0.573 e. The van der Waals surface area contributed by atoms with Crippen LogP contribution in [-0.2, 0) is 0 Å². The fraction of sp³-hybridized carbons (Fsp3) is 0.0303. The van der Waals surface area contributed by atoms with Crippen LogP contribution in [0.25, 0.3) is 65.9 Å². The Labute approximate surface area is 245 Å². The summed E-state index contributed by atoms with van der Waals surface area (Å²) in [6, 6.07) is 23.2. The summed E-state index contributed by atoms with van der Waals surface area (Å²) in [5, 5.41) is 32.0. The second kappa shape index (κ2) is 9.89. The van der Waals surface area contributed by atoms with E-state index in [-0.39, 0.29) is 11.5 Å². The second-order valence-corrected chi connectivity index (χ2v) is 9.88. The van der Waals surface area contributed by atoms with Crippen LogP contribution in [0.4, 0.5) is 13.2 Å². The van der Waals surface area contributed by atoms with Gasteiger partial charge in [-0.1, -0.05) is 48.5 Å². The number of fused-ring (bicyclic) bond motifs is 6. The van der Waals surface area contributed by atoms with Crippen LogP contribution in [0.3, 0.4) is 0 Å². The lowest BCUT2D eigenvalue weighted by Gasteiger charge is -2.09. The van der Waals surface area contributed by atoms with E-state index in [2.05, 4.69) is 14.7 Å². The molecule has 6 aromatic carbocycles. The highest BCUT2D eigenvalue weighted by Crippen LogP contribution is 2.33. The number of rotatable bonds is 3. The first-order valence-corrected chi connectivity index (χ1v) is 13.1. The summed E-state index contributed by atoms with van der Waals surface area (Å²) in [7, 11) is 0. The van der Waals surface area contributed by atoms with Crippen molar-refractivity contribution in [2.75, 3.05) is 0 Å². The maximum Gasteiger partial charge on any atom is 0.573 e. The van der Waals surface area contributed by atoms with E-state index >= 15 is 0 Å². The molecule has 0 atom stereocenters. The molecule has 0 aliphatic rings. The molecule has 11 heteroatoms. The molecule has 0 amide bonds. The van der Waals surface area contributed by atoms with Crippen molar-refractivity contribution in [2.24, 2.45) is 9.98 Å². The lowest BCUT2D eigenvalue weighted by atomic mass is 10.0. The van der Waals surface area contributed by atoms with Gasteiger partial charge >= 0.3 is 6.36 Å². The number of nitrogens with zero attached hydrogens (tertiary/aromatic N) is 6. The van der Waals surface area contributed by atoms with E-state index in [9.17, 15) is 28.8 Å². The van der Waals surface area contributed by atoms with Crippen LogP contribution in [0.5, 0.6) is 11.5 Å². The zero-order valence-electron chi connectivity index (χ0n) is 22.3. The van der Waals surface area contributed by atoms with Gasteiger partial charge in [0.15, 0.2) is 0 Å². The van der Waals surface area contributed by atoms with Crippen molar-refractivity contribution >= 4 is 43.6 Å². The first kappa shape index (κ1) is 26.6. The molecule has 44 heavy (non-hydrogen) atoms. The van der Waals surface area contributed by atoms with E-state index < -0.39 is 6.36 Å². The van der Waals surface area contributed by atoms with Crippen molar-refractivity contribution in [1.29, 1.82) is 10.5 Å². The number of halogens is 3. The third-order valence-corrected chi connectivity index (χ3v) is 7.35. The molecule has 7 rings (SSSR count). The molecule has 1 heterocycles. The van der Waals surface area contributed by atoms with Crippen molar-refractivity contribution in [3.63, 3.8) is 0 Å². The fourth-order valence-corrected chi connectivity index (χ4v) is 5.48. The lowest BCUT2D eigenvalue weighted by molar-refractivity contribution is -0.274. The van der Waals surface area contributed by atoms with Crippen molar-refractivity contribution in [3.05, 3.63) is 95.6 Å². The summed E-state index contributed by atoms with van der Waals surface area (Å²) in [5.41, 5.74) is 4.75. The Morgan fingerprint density at radius 1 is 0.591 bits per heavy atom. The van der Waals surface area contributed by atoms with Gasteiger partial charge in [0.1, 0.15) is 33.2 Å². The van der Waals surface area contributed by atoms with Crippen molar-refractivity contribution in [2.45, 2.75) is 6.36 Å². The molecule has 7 aromatic rings. The minimum atomic E-state index is -4.79. The molecule has 210 valence electrons. The topological polar surface area (TPSA) is 128 Å². The van der Waals surface area contributed by atoms with Gasteiger partial charge in [-0.3, -0.25) is 0 Å². The van der Waals surface area contributed by atoms with Crippen LogP contribution >= 0.6 is 0 Å². The summed E-state index contributed by atoms with van der Waals surface area (Å²) in [6.07, 6.45) is -1.09. The summed E-state index contributed by atoms with van der Waals surface area (Å²) in [4.78, 5) is 17.9. The van der Waals surface area contributed by atoms with E-state index in [1.54, 1.807) is 42.5 Å². The predicted octanol–water partition coefficient (Wildman–Crippen LogP) is 6.67. The van der Waals surface area contributed by atoms with Crippen molar-refractivity contribution in [3.8, 4) is 46.1 Å². The Morgan fingerprint density at radius 3 is 1.45 bits per heavy atom. The number of aromatic hydroxyl groups is 1. The molecular weight excluding hydrogens is 569 g/mol. The standard InChI is InChI=1S/C33H15F3N6O2/c34-33(35,36)44-22-9-3-18(4-10-22)20-6-12-24-26(14-20)28(40-16-38)32-30(24)42-31-27(39-15-37)25-13-19(5-11-23(25)29(31)41-32)17-1-7-21(43)8-2-17/h1-14,43H. The van der Waals surface area contributed by atoms with Gasteiger partial charge in [0.2, 0.25) is 12.4 Å². The minimum absolute atomic E-state index is 0.146. The number of nitriles is 2. The van der Waals surface area contributed by atoms with E-state index in [1.165, 1.54) is 24.3 Å². The molecule has 1 aromatic heterocycles. The van der Waals surface area contributed by atoms with E-state index in [4.69, 9.17) is 9.97 Å². The van der Waals surface area contributed by atoms with Gasteiger partial charge in [0.05, 0.1) is 11.0 Å². The Morgan fingerprint density at radius 2 is 1.02 bits per heavy atom. The zero-order chi connectivity index (χ0) is 30.6. The van der Waals surface area contributed by atoms with Gasteiger partial charge in [-0.05, 0) is 58.7 Å². The Balaban J connectivity index is 1.45. The number of phenols is 1. The van der Waals surface area contributed by atoms with Crippen LogP contribution < -0.4 is 15.5 Å². The third-order valence-electron chi connectivity index (χ3n) is 7.35. The van der Waals surface area contributed by atoms with Crippen LogP contribution in [-0.4, -0.2) is 21.4 Å². The average molecular weight is 585 g/mol. The van der Waals surface area contributed by atoms with Gasteiger partial charge in [-0.2, -0.15) is 20.5 Å². The SMILES string of the molecule is N#CN=c1c2cc(-c3ccc(O)cc3)ccc2c2nc3c(=NC#N)c4cc(-c5ccc(OC(F)(F)F)cc5)ccc4c3nc12. The molecule has 1 N–H and O–H groups in total. The van der Waals surface area contributed by atoms with Crippen molar-refractivity contribution in [1.82, 2.24) is 9.97 Å². The normalized spacial score (nSPS) is 12.8. The summed E-state index contributed by atoms with van der Waals surface area (Å²) in [6.45, 7) is 0. The number of benzene rings is 4. The van der Waals surface area contributed by atoms with Gasteiger partial charge in [0, 0.05) is 21.5 Å². The second-order valence-electron chi connectivity index (χ2n) is 9.88. The number of hydrogen-bond donors (Lipinski definition) is 1. The van der Waals surface area contributed by atoms with Crippen LogP contribution in [0.2, 0.25) is 0 Å². The molecule has 0 aliphatic heterocycles. The Bertz CT molecular complexity index is 2480. The smallest absolute Gasteiger partial charge is 0.508 e. The highest BCUT2D eigenvalue weighted by molar-refractivity contribution is 6.15. The highest BCUT2D eigenvalue weighted by Gasteiger charge is 2.31. The van der Waals surface area contributed by atoms with Crippen LogP contribution in [0.15, 0.2) is 94.9 Å². The van der Waals surface area contributed by atoms with Gasteiger partial charge in [-0.15, -0.1) is 13.2 Å². The molecule has 0 bridgehead atoms. The van der Waals surface area contributed by atoms with Gasteiger partial charge < -0.3 is 9.84 Å². The van der Waals surface area contributed by atoms with Crippen molar-refractivity contribution < 1.29 is 23.0 Å². The zero-order valence-corrected chi connectivity index (χ0v) is 22.3. The lowest BCUT2D eigenvalue weighted by Crippen LogP contribution is -2.16. The van der Waals surface area contributed by atoms with Gasteiger partial charge in [-0.25, -0.2) is 9.97 Å². The summed E-state index contributed by atoms with van der Waals surface area (Å²) >= 11 is 0. The monoisotopic (exact) mass is 584 g/mol. The minimum Gasteiger partial charge on any atom is -0.508 e. The molecule has 0 radical (unpaired) electrons. The van der Waals surface area contributed by atoms with Gasteiger partial charge in [0.25, 0.3) is 0 Å². The molecular formula is C33H15F3N6O2. The Hall–Kier alpha value is -6.33. The maximum atomic E-state index is 12.6. The molecule has 0 saturated carbocycles. The predicted molar refractivity (Wildman–Crippen MR) is 156 cm³/mol. The number of hydrogen-bond acceptors (Lipinski definition) is 8. The summed E-state index contributed by atoms with van der Waals surface area (Å²) in [5.74, 6) is -0.192. The average Bonchev–Trinajstić information content (AvgIpc) is 3.47. The number of phenolic OH excluding ortho intramolecular Hbond substituents is 1. The molecule has 0 fully saturated rings. The number of aromatic nitrogens is 2. The Kier molecular flexibility index (Phi) is 5.97. The first-order chi connectivity index (χ1) is 21.2. The first-order valence-electron chi connectivity index (χ1n) is 13.1. The van der Waals surface area contributed by atoms with Crippen LogP contribution in [0, 0.1) is 22.9 Å². The molecule has 0 saturated heterocycles. The van der Waals surface area contributed by atoms with E-state index in [0.717, 1.165) is 11.1 Å². The highest BCUT2D eigenvalue weighted by atomic mass is 19.4. The number of ether oxygens (including phenoxy) is 1. The third kappa shape index (κ3) is 4.40. The quantitative estimate of drug-likeness (QED) is 0.231. The fourth-order valence-electron chi connectivity index (χ4n) is 5.48. The van der Waals surface area contributed by atoms with E-state index in [1.807, 2.05) is 30.6 Å².